The molecule has 2 aliphatic rings. The Bertz CT molecular complexity index is 968. The molecule has 1 atom stereocenters. The van der Waals surface area contributed by atoms with Gasteiger partial charge in [-0.25, -0.2) is 8.42 Å². The molecule has 4 rings (SSSR count). The number of hydrogen-bond acceptors (Lipinski definition) is 4. The van der Waals surface area contributed by atoms with Gasteiger partial charge in [0.25, 0.3) is 0 Å². The SMILES string of the molecule is COc1ccc(S(=O)(=O)N2CCC(C(=O)N3CCC[C@H]3c3ccccc3)CC2)cc1. The van der Waals surface area contributed by atoms with Crippen molar-refractivity contribution in [3.8, 4) is 5.75 Å². The molecule has 0 bridgehead atoms. The van der Waals surface area contributed by atoms with Gasteiger partial charge in [0.2, 0.25) is 15.9 Å². The summed E-state index contributed by atoms with van der Waals surface area (Å²) in [6.07, 6.45) is 3.12. The maximum atomic E-state index is 13.2. The summed E-state index contributed by atoms with van der Waals surface area (Å²) in [5.41, 5.74) is 1.18. The first-order valence-corrected chi connectivity index (χ1v) is 11.9. The number of hydrogen-bond donors (Lipinski definition) is 0. The molecule has 30 heavy (non-hydrogen) atoms. The van der Waals surface area contributed by atoms with Crippen LogP contribution in [0.5, 0.6) is 5.75 Å². The molecular weight excluding hydrogens is 400 g/mol. The molecule has 2 aliphatic heterocycles. The highest BCUT2D eigenvalue weighted by atomic mass is 32.2. The van der Waals surface area contributed by atoms with Gasteiger partial charge in [0.15, 0.2) is 0 Å². The molecule has 7 heteroatoms. The minimum absolute atomic E-state index is 0.114. The first-order chi connectivity index (χ1) is 14.5. The number of ether oxygens (including phenoxy) is 1. The smallest absolute Gasteiger partial charge is 0.243 e. The molecule has 2 aromatic carbocycles. The average molecular weight is 429 g/mol. The summed E-state index contributed by atoms with van der Waals surface area (Å²) in [5.74, 6) is 0.677. The Morgan fingerprint density at radius 1 is 0.933 bits per heavy atom. The van der Waals surface area contributed by atoms with E-state index in [1.807, 2.05) is 23.1 Å². The maximum absolute atomic E-state index is 13.2. The molecule has 0 radical (unpaired) electrons. The van der Waals surface area contributed by atoms with E-state index in [1.165, 1.54) is 9.87 Å². The van der Waals surface area contributed by atoms with Crippen LogP contribution in [0.4, 0.5) is 0 Å². The van der Waals surface area contributed by atoms with Crippen molar-refractivity contribution in [1.82, 2.24) is 9.21 Å². The topological polar surface area (TPSA) is 66.9 Å². The molecule has 0 aromatic heterocycles. The molecule has 0 N–H and O–H groups in total. The molecule has 2 saturated heterocycles. The highest BCUT2D eigenvalue weighted by Crippen LogP contribution is 2.35. The van der Waals surface area contributed by atoms with Crippen molar-refractivity contribution >= 4 is 15.9 Å². The highest BCUT2D eigenvalue weighted by Gasteiger charge is 2.37. The zero-order chi connectivity index (χ0) is 21.1. The van der Waals surface area contributed by atoms with E-state index in [2.05, 4.69) is 12.1 Å². The number of benzene rings is 2. The number of amides is 1. The molecule has 160 valence electrons. The van der Waals surface area contributed by atoms with Crippen LogP contribution in [0.25, 0.3) is 0 Å². The fourth-order valence-corrected chi connectivity index (χ4v) is 6.00. The van der Waals surface area contributed by atoms with Crippen molar-refractivity contribution in [1.29, 1.82) is 0 Å². The van der Waals surface area contributed by atoms with Gasteiger partial charge in [-0.2, -0.15) is 4.31 Å². The lowest BCUT2D eigenvalue weighted by Crippen LogP contribution is -2.44. The number of carbonyl (C=O) groups is 1. The van der Waals surface area contributed by atoms with E-state index in [-0.39, 0.29) is 22.8 Å². The second-order valence-corrected chi connectivity index (χ2v) is 9.89. The second kappa shape index (κ2) is 8.78. The lowest BCUT2D eigenvalue weighted by Gasteiger charge is -2.34. The summed E-state index contributed by atoms with van der Waals surface area (Å²) in [6, 6.07) is 16.8. The van der Waals surface area contributed by atoms with E-state index in [0.717, 1.165) is 19.4 Å². The number of likely N-dealkylation sites (tertiary alicyclic amines) is 1. The Kier molecular flexibility index (Phi) is 6.11. The van der Waals surface area contributed by atoms with Gasteiger partial charge in [-0.15, -0.1) is 0 Å². The first kappa shape index (κ1) is 20.9. The van der Waals surface area contributed by atoms with Crippen molar-refractivity contribution in [2.75, 3.05) is 26.7 Å². The van der Waals surface area contributed by atoms with E-state index in [9.17, 15) is 13.2 Å². The molecule has 0 aliphatic carbocycles. The third-order valence-electron chi connectivity index (χ3n) is 6.22. The third kappa shape index (κ3) is 4.09. The van der Waals surface area contributed by atoms with Gasteiger partial charge in [-0.3, -0.25) is 4.79 Å². The maximum Gasteiger partial charge on any atom is 0.243 e. The van der Waals surface area contributed by atoms with Gasteiger partial charge < -0.3 is 9.64 Å². The van der Waals surface area contributed by atoms with Crippen LogP contribution in [0.2, 0.25) is 0 Å². The van der Waals surface area contributed by atoms with Crippen molar-refractivity contribution in [3.63, 3.8) is 0 Å². The number of sulfonamides is 1. The van der Waals surface area contributed by atoms with Gasteiger partial charge >= 0.3 is 0 Å². The second-order valence-electron chi connectivity index (χ2n) is 7.95. The van der Waals surface area contributed by atoms with Gasteiger partial charge in [0, 0.05) is 25.6 Å². The molecular formula is C23H28N2O4S. The van der Waals surface area contributed by atoms with Gasteiger partial charge in [-0.1, -0.05) is 30.3 Å². The van der Waals surface area contributed by atoms with E-state index in [1.54, 1.807) is 31.4 Å². The lowest BCUT2D eigenvalue weighted by molar-refractivity contribution is -0.137. The van der Waals surface area contributed by atoms with Crippen molar-refractivity contribution in [3.05, 3.63) is 60.2 Å². The summed E-state index contributed by atoms with van der Waals surface area (Å²) < 4.78 is 32.5. The number of piperidine rings is 1. The standard InChI is InChI=1S/C23H28N2O4S/c1-29-20-9-11-21(12-10-20)30(27,28)24-16-13-19(14-17-24)23(26)25-15-5-8-22(25)18-6-3-2-4-7-18/h2-4,6-7,9-12,19,22H,5,8,13-17H2,1H3/t22-/m0/s1. The predicted octanol–water partition coefficient (Wildman–Crippen LogP) is 3.46. The molecule has 2 fully saturated rings. The first-order valence-electron chi connectivity index (χ1n) is 10.5. The Morgan fingerprint density at radius 2 is 1.60 bits per heavy atom. The third-order valence-corrected chi connectivity index (χ3v) is 8.13. The molecule has 1 amide bonds. The van der Waals surface area contributed by atoms with Gasteiger partial charge in [0.05, 0.1) is 18.0 Å². The monoisotopic (exact) mass is 428 g/mol. The molecule has 6 nitrogen and oxygen atoms in total. The Balaban J connectivity index is 1.40. The van der Waals surface area contributed by atoms with E-state index < -0.39 is 10.0 Å². The number of rotatable bonds is 5. The Labute approximate surface area is 178 Å². The van der Waals surface area contributed by atoms with Gasteiger partial charge in [0.1, 0.15) is 5.75 Å². The molecule has 0 unspecified atom stereocenters. The Morgan fingerprint density at radius 3 is 2.23 bits per heavy atom. The van der Waals surface area contributed by atoms with Crippen LogP contribution >= 0.6 is 0 Å². The predicted molar refractivity (Wildman–Crippen MR) is 115 cm³/mol. The fourth-order valence-electron chi connectivity index (χ4n) is 4.53. The summed E-state index contributed by atoms with van der Waals surface area (Å²) in [5, 5.41) is 0. The highest BCUT2D eigenvalue weighted by molar-refractivity contribution is 7.89. The van der Waals surface area contributed by atoms with Crippen LogP contribution in [0.1, 0.15) is 37.3 Å². The molecule has 2 aromatic rings. The molecule has 2 heterocycles. The van der Waals surface area contributed by atoms with Crippen LogP contribution in [-0.4, -0.2) is 50.3 Å². The van der Waals surface area contributed by atoms with E-state index in [0.29, 0.717) is 31.7 Å². The fraction of sp³-hybridized carbons (Fsp3) is 0.435. The largest absolute Gasteiger partial charge is 0.497 e. The quantitative estimate of drug-likeness (QED) is 0.732. The van der Waals surface area contributed by atoms with Crippen LogP contribution in [0.15, 0.2) is 59.5 Å². The Hall–Kier alpha value is -2.38. The van der Waals surface area contributed by atoms with Crippen molar-refractivity contribution in [2.24, 2.45) is 5.92 Å². The van der Waals surface area contributed by atoms with Crippen LogP contribution in [0, 0.1) is 5.92 Å². The zero-order valence-electron chi connectivity index (χ0n) is 17.2. The average Bonchev–Trinajstić information content (AvgIpc) is 3.29. The van der Waals surface area contributed by atoms with E-state index in [4.69, 9.17) is 4.74 Å². The zero-order valence-corrected chi connectivity index (χ0v) is 18.1. The summed E-state index contributed by atoms with van der Waals surface area (Å²) in [4.78, 5) is 15.5. The number of methoxy groups -OCH3 is 1. The summed E-state index contributed by atoms with van der Waals surface area (Å²) in [7, 11) is -2.01. The normalized spacial score (nSPS) is 21.0. The number of carbonyl (C=O) groups excluding carboxylic acids is 1. The minimum Gasteiger partial charge on any atom is -0.497 e. The van der Waals surface area contributed by atoms with Crippen molar-refractivity contribution < 1.29 is 17.9 Å². The lowest BCUT2D eigenvalue weighted by atomic mass is 9.95. The van der Waals surface area contributed by atoms with Crippen LogP contribution in [0.3, 0.4) is 0 Å². The van der Waals surface area contributed by atoms with Gasteiger partial charge in [-0.05, 0) is 55.5 Å². The molecule has 0 spiro atoms. The van der Waals surface area contributed by atoms with Crippen molar-refractivity contribution in [2.45, 2.75) is 36.6 Å². The van der Waals surface area contributed by atoms with Crippen LogP contribution in [-0.2, 0) is 14.8 Å². The van der Waals surface area contributed by atoms with Crippen LogP contribution < -0.4 is 4.74 Å². The van der Waals surface area contributed by atoms with E-state index >= 15 is 0 Å². The summed E-state index contributed by atoms with van der Waals surface area (Å²) in [6.45, 7) is 1.52. The summed E-state index contributed by atoms with van der Waals surface area (Å²) >= 11 is 0. The molecule has 0 saturated carbocycles. The minimum atomic E-state index is -3.56. The number of nitrogens with zero attached hydrogens (tertiary/aromatic N) is 2.